The predicted octanol–water partition coefficient (Wildman–Crippen LogP) is 1.85. The molecule has 128 valence electrons. The first-order valence-corrected chi connectivity index (χ1v) is 7.58. The Morgan fingerprint density at radius 1 is 1.33 bits per heavy atom. The summed E-state index contributed by atoms with van der Waals surface area (Å²) in [6.45, 7) is 2.36. The molecule has 0 saturated carbocycles. The van der Waals surface area contributed by atoms with Crippen molar-refractivity contribution in [1.29, 1.82) is 0 Å². The van der Waals surface area contributed by atoms with Crippen molar-refractivity contribution < 1.29 is 18.7 Å². The first-order valence-electron chi connectivity index (χ1n) is 7.58. The van der Waals surface area contributed by atoms with E-state index in [9.17, 15) is 9.59 Å². The van der Waals surface area contributed by atoms with Gasteiger partial charge in [-0.05, 0) is 25.1 Å². The first-order chi connectivity index (χ1) is 11.6. The van der Waals surface area contributed by atoms with Gasteiger partial charge < -0.3 is 25.1 Å². The lowest BCUT2D eigenvalue weighted by Crippen LogP contribution is -2.37. The minimum Gasteiger partial charge on any atom is -0.497 e. The number of nitrogens with zero attached hydrogens (tertiary/aromatic N) is 1. The van der Waals surface area contributed by atoms with E-state index in [0.29, 0.717) is 29.3 Å². The van der Waals surface area contributed by atoms with Gasteiger partial charge >= 0.3 is 0 Å². The van der Waals surface area contributed by atoms with Crippen molar-refractivity contribution in [3.05, 3.63) is 47.9 Å². The Bertz CT molecular complexity index is 711. The van der Waals surface area contributed by atoms with Crippen LogP contribution in [0.15, 0.2) is 41.0 Å². The fourth-order valence-electron chi connectivity index (χ4n) is 2.18. The summed E-state index contributed by atoms with van der Waals surface area (Å²) in [5.74, 6) is 0.599. The van der Waals surface area contributed by atoms with Crippen LogP contribution >= 0.6 is 0 Å². The van der Waals surface area contributed by atoms with Gasteiger partial charge in [0.15, 0.2) is 0 Å². The third-order valence-corrected chi connectivity index (χ3v) is 3.46. The highest BCUT2D eigenvalue weighted by molar-refractivity contribution is 5.99. The van der Waals surface area contributed by atoms with Crippen LogP contribution in [0.5, 0.6) is 5.75 Å². The first kappa shape index (κ1) is 17.6. The average Bonchev–Trinajstić information content (AvgIpc) is 3.08. The van der Waals surface area contributed by atoms with E-state index < -0.39 is 0 Å². The average molecular weight is 331 g/mol. The second kappa shape index (κ2) is 8.16. The highest BCUT2D eigenvalue weighted by Crippen LogP contribution is 2.17. The van der Waals surface area contributed by atoms with E-state index in [0.717, 1.165) is 0 Å². The summed E-state index contributed by atoms with van der Waals surface area (Å²) in [5.41, 5.74) is 6.46. The van der Waals surface area contributed by atoms with Crippen LogP contribution in [0.3, 0.4) is 0 Å². The molecule has 1 aromatic carbocycles. The van der Waals surface area contributed by atoms with E-state index in [1.807, 2.05) is 0 Å². The molecular formula is C17H21N3O4. The zero-order chi connectivity index (χ0) is 17.5. The normalized spacial score (nSPS) is 10.3. The van der Waals surface area contributed by atoms with Crippen molar-refractivity contribution in [3.63, 3.8) is 0 Å². The van der Waals surface area contributed by atoms with E-state index >= 15 is 0 Å². The number of carbonyl (C=O) groups excluding carboxylic acids is 2. The summed E-state index contributed by atoms with van der Waals surface area (Å²) >= 11 is 0. The van der Waals surface area contributed by atoms with Crippen molar-refractivity contribution in [2.24, 2.45) is 5.73 Å². The number of carbonyl (C=O) groups is 2. The molecule has 0 radical (unpaired) electrons. The van der Waals surface area contributed by atoms with Gasteiger partial charge in [-0.15, -0.1) is 0 Å². The summed E-state index contributed by atoms with van der Waals surface area (Å²) in [6.07, 6.45) is 1.35. The van der Waals surface area contributed by atoms with Gasteiger partial charge in [-0.25, -0.2) is 0 Å². The lowest BCUT2D eigenvalue weighted by molar-refractivity contribution is -0.116. The second-order valence-corrected chi connectivity index (χ2v) is 5.11. The maximum Gasteiger partial charge on any atom is 0.257 e. The van der Waals surface area contributed by atoms with Gasteiger partial charge in [0.05, 0.1) is 19.2 Å². The summed E-state index contributed by atoms with van der Waals surface area (Å²) in [7, 11) is 1.55. The molecule has 1 aromatic heterocycles. The maximum atomic E-state index is 12.4. The third kappa shape index (κ3) is 4.36. The second-order valence-electron chi connectivity index (χ2n) is 5.11. The molecule has 1 heterocycles. The van der Waals surface area contributed by atoms with Crippen LogP contribution in [0.4, 0.5) is 5.69 Å². The highest BCUT2D eigenvalue weighted by Gasteiger charge is 2.19. The number of nitrogens with two attached hydrogens (primary N) is 1. The summed E-state index contributed by atoms with van der Waals surface area (Å²) < 4.78 is 10.3. The molecule has 0 bridgehead atoms. The Morgan fingerprint density at radius 2 is 2.12 bits per heavy atom. The largest absolute Gasteiger partial charge is 0.497 e. The lowest BCUT2D eigenvalue weighted by atomic mass is 10.2. The van der Waals surface area contributed by atoms with Crippen molar-refractivity contribution in [2.75, 3.05) is 25.5 Å². The van der Waals surface area contributed by atoms with Crippen LogP contribution in [0.2, 0.25) is 0 Å². The fourth-order valence-corrected chi connectivity index (χ4v) is 2.18. The SMILES string of the molecule is CCN(CC(=O)Nc1cccc(OC)c1)C(=O)c1coc(CN)c1. The van der Waals surface area contributed by atoms with E-state index in [-0.39, 0.29) is 24.9 Å². The zero-order valence-corrected chi connectivity index (χ0v) is 13.7. The Morgan fingerprint density at radius 3 is 2.75 bits per heavy atom. The number of nitrogens with one attached hydrogen (secondary N) is 1. The lowest BCUT2D eigenvalue weighted by Gasteiger charge is -2.19. The van der Waals surface area contributed by atoms with Gasteiger partial charge in [0.2, 0.25) is 5.91 Å². The topological polar surface area (TPSA) is 97.8 Å². The Kier molecular flexibility index (Phi) is 5.97. The third-order valence-electron chi connectivity index (χ3n) is 3.46. The summed E-state index contributed by atoms with van der Waals surface area (Å²) in [6, 6.07) is 8.61. The molecule has 7 nitrogen and oxygen atoms in total. The highest BCUT2D eigenvalue weighted by atomic mass is 16.5. The summed E-state index contributed by atoms with van der Waals surface area (Å²) in [4.78, 5) is 26.0. The molecule has 0 spiro atoms. The van der Waals surface area contributed by atoms with Crippen molar-refractivity contribution in [1.82, 2.24) is 4.90 Å². The zero-order valence-electron chi connectivity index (χ0n) is 13.7. The van der Waals surface area contributed by atoms with Crippen molar-refractivity contribution in [3.8, 4) is 5.75 Å². The van der Waals surface area contributed by atoms with Crippen LogP contribution in [-0.4, -0.2) is 36.9 Å². The van der Waals surface area contributed by atoms with Crippen LogP contribution in [0.1, 0.15) is 23.0 Å². The van der Waals surface area contributed by atoms with Crippen LogP contribution in [0.25, 0.3) is 0 Å². The number of methoxy groups -OCH3 is 1. The van der Waals surface area contributed by atoms with Crippen LogP contribution < -0.4 is 15.8 Å². The molecule has 2 amide bonds. The molecule has 0 fully saturated rings. The number of anilines is 1. The van der Waals surface area contributed by atoms with Gasteiger partial charge in [-0.1, -0.05) is 6.07 Å². The monoisotopic (exact) mass is 331 g/mol. The molecule has 24 heavy (non-hydrogen) atoms. The molecule has 0 unspecified atom stereocenters. The molecule has 0 aliphatic heterocycles. The van der Waals surface area contributed by atoms with Gasteiger partial charge in [-0.2, -0.15) is 0 Å². The van der Waals surface area contributed by atoms with E-state index in [4.69, 9.17) is 14.9 Å². The molecule has 3 N–H and O–H groups in total. The minimum absolute atomic E-state index is 0.0598. The molecule has 0 aliphatic carbocycles. The molecule has 0 atom stereocenters. The minimum atomic E-state index is -0.291. The molecular weight excluding hydrogens is 310 g/mol. The van der Waals surface area contributed by atoms with Crippen LogP contribution in [-0.2, 0) is 11.3 Å². The summed E-state index contributed by atoms with van der Waals surface area (Å²) in [5, 5.41) is 2.75. The molecule has 2 rings (SSSR count). The van der Waals surface area contributed by atoms with Gasteiger partial charge in [-0.3, -0.25) is 9.59 Å². The number of amides is 2. The fraction of sp³-hybridized carbons (Fsp3) is 0.294. The molecule has 7 heteroatoms. The van der Waals surface area contributed by atoms with Gasteiger partial charge in [0.25, 0.3) is 5.91 Å². The smallest absolute Gasteiger partial charge is 0.257 e. The number of furan rings is 1. The van der Waals surface area contributed by atoms with Crippen molar-refractivity contribution in [2.45, 2.75) is 13.5 Å². The number of hydrogen-bond acceptors (Lipinski definition) is 5. The van der Waals surface area contributed by atoms with Gasteiger partial charge in [0, 0.05) is 18.3 Å². The number of likely N-dealkylation sites (N-methyl/N-ethyl adjacent to an activating group) is 1. The Hall–Kier alpha value is -2.80. The van der Waals surface area contributed by atoms with Gasteiger partial charge in [0.1, 0.15) is 24.3 Å². The number of rotatable bonds is 7. The number of hydrogen-bond donors (Lipinski definition) is 2. The van der Waals surface area contributed by atoms with Crippen LogP contribution in [0, 0.1) is 0 Å². The standard InChI is InChI=1S/C17H21N3O4/c1-3-20(17(22)12-7-15(9-18)24-11-12)10-16(21)19-13-5-4-6-14(8-13)23-2/h4-8,11H,3,9-10,18H2,1-2H3,(H,19,21). The Labute approximate surface area is 140 Å². The van der Waals surface area contributed by atoms with Crippen molar-refractivity contribution >= 4 is 17.5 Å². The number of ether oxygens (including phenoxy) is 1. The van der Waals surface area contributed by atoms with E-state index in [2.05, 4.69) is 5.32 Å². The van der Waals surface area contributed by atoms with E-state index in [1.165, 1.54) is 11.2 Å². The number of benzene rings is 1. The van der Waals surface area contributed by atoms with E-state index in [1.54, 1.807) is 44.4 Å². The molecule has 0 saturated heterocycles. The quantitative estimate of drug-likeness (QED) is 0.807. The maximum absolute atomic E-state index is 12.4. The Balaban J connectivity index is 2.00. The predicted molar refractivity (Wildman–Crippen MR) is 89.8 cm³/mol. The molecule has 0 aliphatic rings. The molecule has 2 aromatic rings.